The third-order valence-corrected chi connectivity index (χ3v) is 14.3. The molecule has 0 heterocycles. The molecule has 410 valence electrons. The number of rotatable bonds is 18. The van der Waals surface area contributed by atoms with E-state index < -0.39 is 0 Å². The first-order chi connectivity index (χ1) is 34.1. The minimum absolute atomic E-state index is 0. The summed E-state index contributed by atoms with van der Waals surface area (Å²) in [6.45, 7) is 4.15. The van der Waals surface area contributed by atoms with E-state index in [-0.39, 0.29) is 123 Å². The van der Waals surface area contributed by atoms with Crippen molar-refractivity contribution in [1.82, 2.24) is 0 Å². The van der Waals surface area contributed by atoms with E-state index in [2.05, 4.69) is 0 Å². The van der Waals surface area contributed by atoms with Crippen molar-refractivity contribution in [2.24, 2.45) is 11.8 Å². The fraction of sp³-hybridized carbons (Fsp3) is 0.394. The summed E-state index contributed by atoms with van der Waals surface area (Å²) in [7, 11) is 0. The normalized spacial score (nSPS) is 14.3. The molecule has 0 bridgehead atoms. The van der Waals surface area contributed by atoms with Gasteiger partial charge in [0.25, 0.3) is 0 Å². The molecule has 9 rings (SSSR count). The molecule has 5 aromatic carbocycles. The largest absolute Gasteiger partial charge is 2.00 e. The number of hydrogen-bond donors (Lipinski definition) is 0. The van der Waals surface area contributed by atoms with Gasteiger partial charge < -0.3 is 39.2 Å². The van der Waals surface area contributed by atoms with Crippen LogP contribution >= 0.6 is 0 Å². The minimum Gasteiger partial charge on any atom is -0.489 e. The van der Waals surface area contributed by atoms with Crippen molar-refractivity contribution in [3.63, 3.8) is 0 Å². The molecule has 0 unspecified atom stereocenters. The predicted octanol–water partition coefficient (Wildman–Crippen LogP) is 16.9. The van der Waals surface area contributed by atoms with Crippen LogP contribution in [0.15, 0.2) is 109 Å². The molecule has 10 heteroatoms. The molecule has 76 heavy (non-hydrogen) atoms. The van der Waals surface area contributed by atoms with Gasteiger partial charge in [-0.15, -0.1) is 0 Å². The summed E-state index contributed by atoms with van der Waals surface area (Å²) in [6.07, 6.45) is 23.0. The van der Waals surface area contributed by atoms with Gasteiger partial charge in [0.05, 0.1) is 0 Å². The van der Waals surface area contributed by atoms with Crippen LogP contribution in [0.3, 0.4) is 0 Å². The zero-order chi connectivity index (χ0) is 49.2. The summed E-state index contributed by atoms with van der Waals surface area (Å²) in [5, 5.41) is 0. The number of benzene rings is 5. The zero-order valence-electron chi connectivity index (χ0n) is 46.1. The first-order valence-electron chi connectivity index (χ1n) is 26.2. The van der Waals surface area contributed by atoms with Crippen molar-refractivity contribution in [3.8, 4) is 11.5 Å². The monoisotopic (exact) mass is 1110 g/mol. The Morgan fingerprint density at radius 3 is 0.895 bits per heavy atom. The number of Topliss-reactive ketones (excluding diaryl/α,β-unsaturated/α-hetero) is 4. The maximum Gasteiger partial charge on any atom is 2.00 e. The molecule has 4 aliphatic carbocycles. The van der Waals surface area contributed by atoms with Gasteiger partial charge in [0.2, 0.25) is 0 Å². The summed E-state index contributed by atoms with van der Waals surface area (Å²) in [6, 6.07) is 31.3. The fourth-order valence-electron chi connectivity index (χ4n) is 9.95. The van der Waals surface area contributed by atoms with Crippen LogP contribution in [-0.2, 0) is 47.4 Å². The van der Waals surface area contributed by atoms with Gasteiger partial charge in [0, 0.05) is 69.2 Å². The maximum atomic E-state index is 13.6. The number of carbonyl (C=O) groups is 6. The molecule has 5 aromatic rings. The third kappa shape index (κ3) is 19.6. The Morgan fingerprint density at radius 1 is 0.355 bits per heavy atom. The van der Waals surface area contributed by atoms with E-state index >= 15 is 0 Å². The maximum absolute atomic E-state index is 13.6. The Bertz CT molecular complexity index is 2390. The van der Waals surface area contributed by atoms with Gasteiger partial charge in [-0.25, -0.2) is 0 Å². The van der Waals surface area contributed by atoms with Crippen LogP contribution in [0.5, 0.6) is 11.5 Å². The Hall–Kier alpha value is -5.24. The van der Waals surface area contributed by atoms with E-state index in [9.17, 15) is 28.8 Å². The van der Waals surface area contributed by atoms with Crippen LogP contribution in [-0.4, -0.2) is 34.7 Å². The van der Waals surface area contributed by atoms with Crippen molar-refractivity contribution >= 4 is 34.7 Å². The molecular formula is C66H82Fe2O8. The summed E-state index contributed by atoms with van der Waals surface area (Å²) >= 11 is 0. The van der Waals surface area contributed by atoms with E-state index in [1.807, 2.05) is 24.3 Å². The molecule has 0 amide bonds. The third-order valence-electron chi connectivity index (χ3n) is 14.3. The van der Waals surface area contributed by atoms with Crippen LogP contribution in [0, 0.1) is 41.5 Å². The number of hydrogen-bond acceptors (Lipinski definition) is 8. The molecule has 4 saturated carbocycles. The van der Waals surface area contributed by atoms with E-state index in [0.717, 1.165) is 62.5 Å². The summed E-state index contributed by atoms with van der Waals surface area (Å²) in [5.41, 5.74) is 5.04. The van der Waals surface area contributed by atoms with E-state index in [0.29, 0.717) is 69.2 Å². The van der Waals surface area contributed by atoms with Crippen LogP contribution in [0.1, 0.15) is 227 Å². The average Bonchev–Trinajstić information content (AvgIpc) is 4.29. The smallest absolute Gasteiger partial charge is 0.489 e. The van der Waals surface area contributed by atoms with Crippen LogP contribution < -0.4 is 9.47 Å². The summed E-state index contributed by atoms with van der Waals surface area (Å²) < 4.78 is 12.0. The van der Waals surface area contributed by atoms with Gasteiger partial charge in [-0.2, -0.15) is 0 Å². The Balaban J connectivity index is 0.00000162. The van der Waals surface area contributed by atoms with Crippen LogP contribution in [0.2, 0.25) is 0 Å². The Labute approximate surface area is 477 Å². The average molecular weight is 1120 g/mol. The molecule has 8 nitrogen and oxygen atoms in total. The summed E-state index contributed by atoms with van der Waals surface area (Å²) in [5.74, 6) is 0.339. The number of ketones is 6. The summed E-state index contributed by atoms with van der Waals surface area (Å²) in [4.78, 5) is 78.9. The topological polar surface area (TPSA) is 121 Å². The molecule has 0 atom stereocenters. The van der Waals surface area contributed by atoms with E-state index in [1.165, 1.54) is 64.2 Å². The molecule has 4 fully saturated rings. The SMILES string of the molecule is C1CCCC1.C1CCCC1.CCC(=O)c1cc(C(=O)c2ccc(OCc3ccc(COc4ccc(C(=O)c5cc(C(=O)CC)cc(C(=O)C6CCCC6)c5)cc4)cc3)cc2)cc(C(=O)C2CCCC2)c1.[CH3-].[CH3-].[CH3-].[CH3-].[Fe+2].[Fe+2]. The van der Waals surface area contributed by atoms with Crippen molar-refractivity contribution in [2.75, 3.05) is 0 Å². The second-order valence-electron chi connectivity index (χ2n) is 19.5. The van der Waals surface area contributed by atoms with Crippen molar-refractivity contribution < 1.29 is 72.4 Å². The fourth-order valence-corrected chi connectivity index (χ4v) is 9.95. The first kappa shape index (κ1) is 68.8. The minimum atomic E-state index is -0.261. The predicted molar refractivity (Wildman–Crippen MR) is 301 cm³/mol. The van der Waals surface area contributed by atoms with Crippen LogP contribution in [0.4, 0.5) is 0 Å². The van der Waals surface area contributed by atoms with Gasteiger partial charge in [-0.3, -0.25) is 28.8 Å². The van der Waals surface area contributed by atoms with E-state index in [1.54, 1.807) is 98.8 Å². The van der Waals surface area contributed by atoms with Gasteiger partial charge >= 0.3 is 34.1 Å². The van der Waals surface area contributed by atoms with Gasteiger partial charge in [-0.1, -0.05) is 128 Å². The second kappa shape index (κ2) is 35.2. The molecule has 0 N–H and O–H groups in total. The van der Waals surface area contributed by atoms with Gasteiger partial charge in [-0.05, 0) is 122 Å². The Morgan fingerprint density at radius 2 is 0.618 bits per heavy atom. The van der Waals surface area contributed by atoms with Gasteiger partial charge in [0.15, 0.2) is 34.7 Å². The van der Waals surface area contributed by atoms with Crippen LogP contribution in [0.25, 0.3) is 0 Å². The molecular weight excluding hydrogens is 1030 g/mol. The second-order valence-corrected chi connectivity index (χ2v) is 19.5. The number of ether oxygens (including phenoxy) is 2. The van der Waals surface area contributed by atoms with Gasteiger partial charge in [0.1, 0.15) is 24.7 Å². The van der Waals surface area contributed by atoms with Crippen molar-refractivity contribution in [2.45, 2.75) is 155 Å². The quantitative estimate of drug-likeness (QED) is 0.0483. The first-order valence-corrected chi connectivity index (χ1v) is 26.2. The van der Waals surface area contributed by atoms with Crippen molar-refractivity contribution in [3.05, 3.63) is 195 Å². The molecule has 0 aliphatic heterocycles. The molecule has 0 aromatic heterocycles. The zero-order valence-corrected chi connectivity index (χ0v) is 48.3. The molecule has 0 spiro atoms. The molecule has 0 radical (unpaired) electrons. The molecule has 4 aliphatic rings. The Kier molecular flexibility index (Phi) is 31.9. The van der Waals surface area contributed by atoms with E-state index in [4.69, 9.17) is 9.47 Å². The van der Waals surface area contributed by atoms with Crippen molar-refractivity contribution in [1.29, 1.82) is 0 Å². The standard InChI is InChI=1S/C52H50O8.2C5H10.4CH3.2Fe/c1-3-47(53)39-25-41(49(55)35-9-5-6-10-35)29-43(27-39)51(57)37-17-21-45(22-18-37)59-31-33-13-15-34(16-14-33)32-60-46-23-19-38(20-24-46)52(58)44-28-40(48(54)4-2)26-42(30-44)50(56)36-11-7-8-12-36;2*1-2-4-5-3-1;;;;;;/h13-30,35-36H,3-12,31-32H2,1-2H3;2*1-5H2;4*1H3;;/q;;;4*-1;2*+2. The number of carbonyl (C=O) groups excluding carboxylic acids is 6. The molecule has 0 saturated heterocycles.